The first-order chi connectivity index (χ1) is 26.8. The lowest BCUT2D eigenvalue weighted by Crippen LogP contribution is -2.31. The number of rotatable bonds is 4. The molecule has 11 rings (SSSR count). The average molecular weight is 705 g/mol. The molecule has 0 saturated carbocycles. The summed E-state index contributed by atoms with van der Waals surface area (Å²) in [6.07, 6.45) is 0. The number of nitrogens with zero attached hydrogens (tertiary/aromatic N) is 2. The monoisotopic (exact) mass is 704 g/mol. The summed E-state index contributed by atoms with van der Waals surface area (Å²) < 4.78 is 0. The van der Waals surface area contributed by atoms with Crippen molar-refractivity contribution in [2.45, 2.75) is 15.2 Å². The molecule has 0 fully saturated rings. The average Bonchev–Trinajstić information content (AvgIpc) is 3.54. The van der Waals surface area contributed by atoms with Crippen molar-refractivity contribution in [2.75, 3.05) is 0 Å². The molecule has 0 radical (unpaired) electrons. The number of benzene rings is 8. The van der Waals surface area contributed by atoms with E-state index in [1.165, 1.54) is 65.4 Å². The van der Waals surface area contributed by atoms with Gasteiger partial charge >= 0.3 is 0 Å². The van der Waals surface area contributed by atoms with Gasteiger partial charge in [0.25, 0.3) is 0 Å². The summed E-state index contributed by atoms with van der Waals surface area (Å²) in [6.45, 7) is 0. The first-order valence-corrected chi connectivity index (χ1v) is 19.2. The highest BCUT2D eigenvalue weighted by atomic mass is 32.2. The first-order valence-electron chi connectivity index (χ1n) is 18.4. The van der Waals surface area contributed by atoms with Crippen LogP contribution in [0.1, 0.15) is 22.3 Å². The highest BCUT2D eigenvalue weighted by Gasteiger charge is 2.50. The van der Waals surface area contributed by atoms with E-state index < -0.39 is 5.41 Å². The van der Waals surface area contributed by atoms with Crippen molar-refractivity contribution in [2.24, 2.45) is 0 Å². The Labute approximate surface area is 318 Å². The van der Waals surface area contributed by atoms with Crippen molar-refractivity contribution in [3.8, 4) is 56.0 Å². The predicted molar refractivity (Wildman–Crippen MR) is 223 cm³/mol. The normalized spacial score (nSPS) is 13.3. The van der Waals surface area contributed by atoms with Crippen LogP contribution in [-0.4, -0.2) is 9.97 Å². The fourth-order valence-electron chi connectivity index (χ4n) is 8.82. The van der Waals surface area contributed by atoms with Crippen LogP contribution in [0.2, 0.25) is 0 Å². The van der Waals surface area contributed by atoms with Crippen LogP contribution < -0.4 is 0 Å². The maximum absolute atomic E-state index is 5.22. The molecular weight excluding hydrogens is 673 g/mol. The molecule has 0 amide bonds. The molecule has 0 bridgehead atoms. The number of hydrogen-bond donors (Lipinski definition) is 0. The minimum atomic E-state index is -0.394. The van der Waals surface area contributed by atoms with Gasteiger partial charge in [0.05, 0.1) is 16.6 Å². The molecule has 0 saturated heterocycles. The zero-order chi connectivity index (χ0) is 35.6. The Hall–Kier alpha value is -6.55. The molecule has 3 heteroatoms. The zero-order valence-corrected chi connectivity index (χ0v) is 30.1. The van der Waals surface area contributed by atoms with E-state index in [0.717, 1.165) is 33.5 Å². The van der Waals surface area contributed by atoms with E-state index in [-0.39, 0.29) is 0 Å². The molecule has 0 N–H and O–H groups in total. The molecule has 54 heavy (non-hydrogen) atoms. The van der Waals surface area contributed by atoms with E-state index in [1.807, 2.05) is 17.8 Å². The van der Waals surface area contributed by atoms with Gasteiger partial charge in [-0.25, -0.2) is 9.97 Å². The van der Waals surface area contributed by atoms with Gasteiger partial charge in [0, 0.05) is 26.3 Å². The highest BCUT2D eigenvalue weighted by Crippen LogP contribution is 2.63. The summed E-state index contributed by atoms with van der Waals surface area (Å²) in [4.78, 5) is 12.9. The maximum Gasteiger partial charge on any atom is 0.160 e. The topological polar surface area (TPSA) is 25.8 Å². The van der Waals surface area contributed by atoms with Crippen LogP contribution >= 0.6 is 11.8 Å². The number of hydrogen-bond acceptors (Lipinski definition) is 3. The van der Waals surface area contributed by atoms with Crippen LogP contribution in [-0.2, 0) is 5.41 Å². The molecule has 9 aromatic rings. The number of aromatic nitrogens is 2. The van der Waals surface area contributed by atoms with Crippen molar-refractivity contribution in [3.63, 3.8) is 0 Å². The molecule has 2 aliphatic rings. The number of para-hydroxylation sites is 1. The highest BCUT2D eigenvalue weighted by molar-refractivity contribution is 7.99. The van der Waals surface area contributed by atoms with Crippen LogP contribution in [0.5, 0.6) is 0 Å². The van der Waals surface area contributed by atoms with Crippen LogP contribution in [0.25, 0.3) is 66.9 Å². The lowest BCUT2D eigenvalue weighted by molar-refractivity contribution is 0.722. The maximum atomic E-state index is 5.22. The quantitative estimate of drug-likeness (QED) is 0.182. The van der Waals surface area contributed by atoms with Gasteiger partial charge in [-0.15, -0.1) is 0 Å². The standard InChI is InChI=1S/C51H32N2S/c1-2-13-33(14-3-1)34-25-29-36(30-26-34)49-40-16-5-9-22-45(40)52-50(53-49)37-31-27-35(28-32-37)38-17-12-21-44-48(38)39-15-4-6-18-41(39)51(44)42-19-7-10-23-46(42)54-47-24-11-8-20-43(47)51/h1-32H. The van der Waals surface area contributed by atoms with E-state index in [4.69, 9.17) is 9.97 Å². The van der Waals surface area contributed by atoms with Gasteiger partial charge in [0.1, 0.15) is 0 Å². The summed E-state index contributed by atoms with van der Waals surface area (Å²) in [5.74, 6) is 0.720. The first kappa shape index (κ1) is 31.0. The Morgan fingerprint density at radius 1 is 0.352 bits per heavy atom. The van der Waals surface area contributed by atoms with Crippen molar-refractivity contribution in [1.82, 2.24) is 9.97 Å². The molecule has 2 heterocycles. The molecule has 2 nitrogen and oxygen atoms in total. The predicted octanol–water partition coefficient (Wildman–Crippen LogP) is 13.1. The van der Waals surface area contributed by atoms with E-state index in [2.05, 4.69) is 188 Å². The molecule has 1 aliphatic carbocycles. The summed E-state index contributed by atoms with van der Waals surface area (Å²) >= 11 is 1.88. The smallest absolute Gasteiger partial charge is 0.160 e. The van der Waals surface area contributed by atoms with E-state index in [9.17, 15) is 0 Å². The molecule has 0 unspecified atom stereocenters. The molecule has 1 aliphatic heterocycles. The van der Waals surface area contributed by atoms with Gasteiger partial charge in [-0.2, -0.15) is 0 Å². The van der Waals surface area contributed by atoms with Crippen LogP contribution in [0.3, 0.4) is 0 Å². The van der Waals surface area contributed by atoms with Gasteiger partial charge < -0.3 is 0 Å². The van der Waals surface area contributed by atoms with Crippen LogP contribution in [0.4, 0.5) is 0 Å². The van der Waals surface area contributed by atoms with Crippen LogP contribution in [0, 0.1) is 0 Å². The SMILES string of the molecule is c1ccc(-c2ccc(-c3nc(-c4ccc(-c5cccc6c5-c5ccccc5C65c6ccccc6Sc6ccccc65)cc4)nc4ccccc34)cc2)cc1. The van der Waals surface area contributed by atoms with Crippen LogP contribution in [0.15, 0.2) is 204 Å². The Bertz CT molecular complexity index is 2850. The van der Waals surface area contributed by atoms with Gasteiger partial charge in [-0.3, -0.25) is 0 Å². The summed E-state index contributed by atoms with van der Waals surface area (Å²) in [7, 11) is 0. The second kappa shape index (κ2) is 12.3. The Morgan fingerprint density at radius 3 is 1.65 bits per heavy atom. The van der Waals surface area contributed by atoms with E-state index >= 15 is 0 Å². The number of fused-ring (bicyclic) bond motifs is 10. The molecule has 252 valence electrons. The van der Waals surface area contributed by atoms with Gasteiger partial charge in [0.15, 0.2) is 5.82 Å². The Kier molecular flexibility index (Phi) is 7.05. The third-order valence-electron chi connectivity index (χ3n) is 11.2. The largest absolute Gasteiger partial charge is 0.228 e. The molecular formula is C51H32N2S. The van der Waals surface area contributed by atoms with E-state index in [1.54, 1.807) is 0 Å². The summed E-state index contributed by atoms with van der Waals surface area (Å²) in [6, 6.07) is 70.2. The second-order valence-electron chi connectivity index (χ2n) is 14.1. The van der Waals surface area contributed by atoms with Crippen molar-refractivity contribution in [3.05, 3.63) is 216 Å². The molecule has 1 aromatic heterocycles. The molecule has 1 spiro atoms. The fourth-order valence-corrected chi connectivity index (χ4v) is 10.0. The lowest BCUT2D eigenvalue weighted by Gasteiger charge is -2.39. The van der Waals surface area contributed by atoms with E-state index in [0.29, 0.717) is 0 Å². The van der Waals surface area contributed by atoms with Gasteiger partial charge in [-0.1, -0.05) is 188 Å². The third kappa shape index (κ3) is 4.62. The minimum Gasteiger partial charge on any atom is -0.228 e. The van der Waals surface area contributed by atoms with Crippen molar-refractivity contribution >= 4 is 22.7 Å². The molecule has 0 atom stereocenters. The fraction of sp³-hybridized carbons (Fsp3) is 0.0196. The Balaban J connectivity index is 1.04. The van der Waals surface area contributed by atoms with Gasteiger partial charge in [-0.05, 0) is 73.8 Å². The summed E-state index contributed by atoms with van der Waals surface area (Å²) in [5, 5.41) is 1.04. The second-order valence-corrected chi connectivity index (χ2v) is 15.1. The minimum absolute atomic E-state index is 0.394. The summed E-state index contributed by atoms with van der Waals surface area (Å²) in [5.41, 5.74) is 16.3. The molecule has 8 aromatic carbocycles. The van der Waals surface area contributed by atoms with Crippen molar-refractivity contribution in [1.29, 1.82) is 0 Å². The van der Waals surface area contributed by atoms with Gasteiger partial charge in [0.2, 0.25) is 0 Å². The third-order valence-corrected chi connectivity index (χ3v) is 12.3. The lowest BCUT2D eigenvalue weighted by atomic mass is 9.67. The Morgan fingerprint density at radius 2 is 0.889 bits per heavy atom. The zero-order valence-electron chi connectivity index (χ0n) is 29.3. The van der Waals surface area contributed by atoms with Crippen molar-refractivity contribution < 1.29 is 0 Å².